The first kappa shape index (κ1) is 79.8. The van der Waals surface area contributed by atoms with Gasteiger partial charge in [-0.05, 0) is 22.3 Å². The zero-order chi connectivity index (χ0) is 71.9. The molecule has 0 radical (unpaired) electrons. The Labute approximate surface area is 587 Å². The van der Waals surface area contributed by atoms with E-state index in [1.165, 1.54) is 56.3 Å². The van der Waals surface area contributed by atoms with E-state index in [-0.39, 0.29) is 33.0 Å². The van der Waals surface area contributed by atoms with Gasteiger partial charge in [-0.1, -0.05) is 163 Å². The SMILES string of the molecule is COC1C(OCc2ccccc2)[C@@H](OC(=N)C(Cl)(Cl)Cl)O[C@@H](COC(C)=O)[C@H]1O[C@@H]1OC(C(=O)OCc2ccccc2)[C@@H](C)[C@H](OC)C1OC(C)=O.COC1C(OCc2ccccc2)[C@@H](OC)O[C@@H](COC(C)=O)[C@H]1O[C@@H]1OC(C(=O)OCc2ccccc2)[C@@H](O)[C@H](OC)C1OC(C)=O. The number of alkyl halides is 3. The van der Waals surface area contributed by atoms with E-state index in [1.807, 2.05) is 84.9 Å². The van der Waals surface area contributed by atoms with Gasteiger partial charge in [-0.3, -0.25) is 24.6 Å². The van der Waals surface area contributed by atoms with Gasteiger partial charge in [-0.25, -0.2) is 9.59 Å². The number of ether oxygens (including phenoxy) is 20. The minimum Gasteiger partial charge on any atom is -0.463 e. The van der Waals surface area contributed by atoms with E-state index in [0.717, 1.165) is 23.6 Å². The number of hydrogen-bond donors (Lipinski definition) is 2. The standard InChI is InChI=1S/C35H42Cl3NO13.C33H42O14/c1-19-25(43-4)30(48-21(3)41)33(50-26(19)31(42)47-17-23-14-10-7-11-15-23)51-27-24(18-45-20(2)40)49-32(52-34(39)35(36,37)38)29(28(27)44-5)46-16-22-12-8-6-9-13-22;1-19(34)41-18-23-25(28(39-4)29(32(40-5)45-23)42-16-21-12-8-6-9-13-21)46-33-30(44-20(2)35)26(38-3)24(36)27(47-33)31(37)43-17-22-14-10-7-11-15-22/h6-15,19,24-30,32-33,39H,16-18H2,1-5H3;6-15,23-30,32-33,36H,16-18H2,1-5H3/t19-,24-,25-,26?,27+,28?,29?,30?,32+,33-;23-,24-,25+,26-,27?,28?,29?,30?,32-,33+/m00/s1. The van der Waals surface area contributed by atoms with Crippen LogP contribution in [0.25, 0.3) is 0 Å². The first-order valence-electron chi connectivity index (χ1n) is 31.3. The maximum Gasteiger partial charge on any atom is 0.338 e. The summed E-state index contributed by atoms with van der Waals surface area (Å²) >= 11 is 17.8. The van der Waals surface area contributed by atoms with E-state index in [4.69, 9.17) is 135 Å². The van der Waals surface area contributed by atoms with Crippen molar-refractivity contribution in [2.24, 2.45) is 5.92 Å². The second kappa shape index (κ2) is 39.1. The third kappa shape index (κ3) is 22.7. The number of esters is 6. The van der Waals surface area contributed by atoms with Gasteiger partial charge in [0.2, 0.25) is 12.2 Å². The van der Waals surface area contributed by atoms with E-state index in [1.54, 1.807) is 43.3 Å². The number of methoxy groups -OCH3 is 5. The summed E-state index contributed by atoms with van der Waals surface area (Å²) in [5, 5.41) is 19.4. The summed E-state index contributed by atoms with van der Waals surface area (Å²) < 4.78 is 115. The van der Waals surface area contributed by atoms with Crippen LogP contribution in [0.15, 0.2) is 121 Å². The number of carbonyl (C=O) groups is 6. The summed E-state index contributed by atoms with van der Waals surface area (Å²) in [7, 11) is 6.89. The summed E-state index contributed by atoms with van der Waals surface area (Å²) in [6.45, 7) is 5.87. The van der Waals surface area contributed by atoms with Crippen LogP contribution in [-0.4, -0.2) is 216 Å². The van der Waals surface area contributed by atoms with Crippen molar-refractivity contribution in [2.75, 3.05) is 48.8 Å². The van der Waals surface area contributed by atoms with Crippen molar-refractivity contribution in [3.8, 4) is 0 Å². The molecular formula is C68H84Cl3NO27. The molecule has 20 atom stereocenters. The number of nitrogens with one attached hydrogen (secondary N) is 1. The number of benzene rings is 4. The Morgan fingerprint density at radius 1 is 0.414 bits per heavy atom. The summed E-state index contributed by atoms with van der Waals surface area (Å²) in [6, 6.07) is 36.5. The van der Waals surface area contributed by atoms with Crippen molar-refractivity contribution < 1.29 is 129 Å². The van der Waals surface area contributed by atoms with Crippen LogP contribution in [0, 0.1) is 11.3 Å². The van der Waals surface area contributed by atoms with Crippen LogP contribution in [0.1, 0.15) is 56.9 Å². The zero-order valence-corrected chi connectivity index (χ0v) is 58.3. The lowest BCUT2D eigenvalue weighted by atomic mass is 9.90. The molecule has 4 aliphatic heterocycles. The fourth-order valence-corrected chi connectivity index (χ4v) is 11.4. The summed E-state index contributed by atoms with van der Waals surface area (Å²) in [4.78, 5) is 75.1. The van der Waals surface area contributed by atoms with Crippen LogP contribution in [0.3, 0.4) is 0 Å². The van der Waals surface area contributed by atoms with Gasteiger partial charge < -0.3 is 99.8 Å². The average molecular weight is 1450 g/mol. The van der Waals surface area contributed by atoms with Crippen LogP contribution < -0.4 is 0 Å². The minimum atomic E-state index is -2.27. The molecule has 4 aliphatic rings. The molecule has 31 heteroatoms. The molecule has 0 spiro atoms. The predicted octanol–water partition coefficient (Wildman–Crippen LogP) is 6.36. The van der Waals surface area contributed by atoms with Gasteiger partial charge in [0.05, 0.1) is 13.2 Å². The zero-order valence-electron chi connectivity index (χ0n) is 56.0. The lowest BCUT2D eigenvalue weighted by molar-refractivity contribution is -0.361. The van der Waals surface area contributed by atoms with Crippen molar-refractivity contribution in [2.45, 2.75) is 182 Å². The predicted molar refractivity (Wildman–Crippen MR) is 346 cm³/mol. The molecule has 4 heterocycles. The molecule has 0 bridgehead atoms. The fourth-order valence-electron chi connectivity index (χ4n) is 11.3. The molecule has 2 N–H and O–H groups in total. The lowest BCUT2D eigenvalue weighted by Crippen LogP contribution is -2.66. The van der Waals surface area contributed by atoms with E-state index in [9.17, 15) is 33.9 Å². The van der Waals surface area contributed by atoms with Crippen LogP contribution in [0.4, 0.5) is 0 Å². The first-order valence-corrected chi connectivity index (χ1v) is 32.4. The second-order valence-corrected chi connectivity index (χ2v) is 25.2. The van der Waals surface area contributed by atoms with Crippen molar-refractivity contribution in [3.05, 3.63) is 144 Å². The highest BCUT2D eigenvalue weighted by molar-refractivity contribution is 6.76. The van der Waals surface area contributed by atoms with Gasteiger partial charge in [0, 0.05) is 69.2 Å². The molecule has 28 nitrogen and oxygen atoms in total. The van der Waals surface area contributed by atoms with Crippen LogP contribution in [0.5, 0.6) is 0 Å². The Morgan fingerprint density at radius 3 is 1.15 bits per heavy atom. The first-order chi connectivity index (χ1) is 47.4. The highest BCUT2D eigenvalue weighted by Gasteiger charge is 2.58. The van der Waals surface area contributed by atoms with Crippen molar-refractivity contribution in [3.63, 3.8) is 0 Å². The van der Waals surface area contributed by atoms with Gasteiger partial charge >= 0.3 is 35.8 Å². The number of hydrogen-bond acceptors (Lipinski definition) is 28. The topological polar surface area (TPSA) is 331 Å². The molecule has 0 amide bonds. The highest BCUT2D eigenvalue weighted by Crippen LogP contribution is 2.39. The van der Waals surface area contributed by atoms with Gasteiger partial charge in [0.15, 0.2) is 43.3 Å². The summed E-state index contributed by atoms with van der Waals surface area (Å²) in [5.41, 5.74) is 3.11. The van der Waals surface area contributed by atoms with Crippen LogP contribution >= 0.6 is 34.8 Å². The largest absolute Gasteiger partial charge is 0.463 e. The number of rotatable bonds is 28. The van der Waals surface area contributed by atoms with Gasteiger partial charge in [-0.2, -0.15) is 0 Å². The molecule has 4 aromatic carbocycles. The number of carbonyl (C=O) groups excluding carboxylic acids is 6. The maximum atomic E-state index is 13.5. The molecule has 544 valence electrons. The third-order valence-electron chi connectivity index (χ3n) is 16.0. The normalized spacial score (nSPS) is 29.8. The smallest absolute Gasteiger partial charge is 0.338 e. The summed E-state index contributed by atoms with van der Waals surface area (Å²) in [5.74, 6) is -5.70. The van der Waals surface area contributed by atoms with Gasteiger partial charge in [0.1, 0.15) is 93.6 Å². The molecule has 99 heavy (non-hydrogen) atoms. The second-order valence-electron chi connectivity index (χ2n) is 22.9. The number of aliphatic hydroxyl groups is 1. The summed E-state index contributed by atoms with van der Waals surface area (Å²) in [6.07, 6.45) is -23.4. The van der Waals surface area contributed by atoms with Crippen LogP contribution in [-0.2, 0) is 150 Å². The van der Waals surface area contributed by atoms with Crippen molar-refractivity contribution in [1.29, 1.82) is 5.41 Å². The molecule has 8 rings (SSSR count). The molecule has 8 unspecified atom stereocenters. The van der Waals surface area contributed by atoms with Crippen LogP contribution in [0.2, 0.25) is 0 Å². The van der Waals surface area contributed by atoms with Gasteiger partial charge in [-0.15, -0.1) is 0 Å². The monoisotopic (exact) mass is 1450 g/mol. The molecule has 0 aromatic heterocycles. The van der Waals surface area contributed by atoms with Crippen molar-refractivity contribution in [1.82, 2.24) is 0 Å². The molecule has 4 aromatic rings. The van der Waals surface area contributed by atoms with Gasteiger partial charge in [0.25, 0.3) is 3.79 Å². The minimum absolute atomic E-state index is 0.0195. The maximum absolute atomic E-state index is 13.5. The lowest BCUT2D eigenvalue weighted by Gasteiger charge is -2.48. The Morgan fingerprint density at radius 2 is 0.778 bits per heavy atom. The average Bonchev–Trinajstić information content (AvgIpc) is 0.825. The molecule has 0 aliphatic carbocycles. The fraction of sp³-hybridized carbons (Fsp3) is 0.544. The third-order valence-corrected chi connectivity index (χ3v) is 16.5. The Hall–Kier alpha value is -6.52. The molecule has 4 fully saturated rings. The number of halogens is 3. The van der Waals surface area contributed by atoms with E-state index in [2.05, 4.69) is 0 Å². The number of aliphatic hydroxyl groups excluding tert-OH is 1. The van der Waals surface area contributed by atoms with E-state index < -0.39 is 175 Å². The van der Waals surface area contributed by atoms with E-state index >= 15 is 0 Å². The highest BCUT2D eigenvalue weighted by atomic mass is 35.6. The Bertz CT molecular complexity index is 3180. The Kier molecular flexibility index (Phi) is 31.5. The van der Waals surface area contributed by atoms with E-state index in [0.29, 0.717) is 5.56 Å². The Balaban J connectivity index is 0.000000280. The van der Waals surface area contributed by atoms with Crippen molar-refractivity contribution >= 4 is 76.5 Å². The molecule has 4 saturated heterocycles. The quantitative estimate of drug-likeness (QED) is 0.0205. The molecule has 0 saturated carbocycles. The molecular weight excluding hydrogens is 1370 g/mol.